The lowest BCUT2D eigenvalue weighted by Crippen LogP contribution is -1.92. The van der Waals surface area contributed by atoms with E-state index in [0.29, 0.717) is 17.4 Å². The van der Waals surface area contributed by atoms with Crippen molar-refractivity contribution in [2.75, 3.05) is 0 Å². The number of non-ortho nitro benzene ring substituents is 1. The number of nitro groups is 1. The van der Waals surface area contributed by atoms with Gasteiger partial charge in [-0.25, -0.2) is 0 Å². The van der Waals surface area contributed by atoms with Gasteiger partial charge in [-0.2, -0.15) is 0 Å². The number of rotatable bonds is 4. The summed E-state index contributed by atoms with van der Waals surface area (Å²) in [6, 6.07) is 4.07. The van der Waals surface area contributed by atoms with Crippen molar-refractivity contribution in [1.29, 1.82) is 0 Å². The second-order valence-corrected chi connectivity index (χ2v) is 3.55. The molecule has 0 radical (unpaired) electrons. The summed E-state index contributed by atoms with van der Waals surface area (Å²) in [4.78, 5) is 20.9. The quantitative estimate of drug-likeness (QED) is 0.263. The van der Waals surface area contributed by atoms with Crippen molar-refractivity contribution in [3.63, 3.8) is 0 Å². The maximum absolute atomic E-state index is 10.8. The molecule has 4 heteroatoms. The van der Waals surface area contributed by atoms with Crippen LogP contribution in [0.2, 0.25) is 0 Å². The molecule has 0 bridgehead atoms. The van der Waals surface area contributed by atoms with Gasteiger partial charge in [0.2, 0.25) is 0 Å². The summed E-state index contributed by atoms with van der Waals surface area (Å²) in [5.41, 5.74) is 0.764. The monoisotopic (exact) mass is 231 g/mol. The largest absolute Gasteiger partial charge is 0.298 e. The Kier molecular flexibility index (Phi) is 4.89. The Morgan fingerprint density at radius 2 is 2.24 bits per heavy atom. The Balaban J connectivity index is 3.00. The minimum atomic E-state index is -0.494. The van der Waals surface area contributed by atoms with E-state index in [0.717, 1.165) is 19.3 Å². The standard InChI is InChI=1S/C13H13NO3/c1-2-3-4-5-6-11-9-13(14(16)17)8-7-12(11)10-15/h7-10H,2-4H2,1H3. The van der Waals surface area contributed by atoms with E-state index in [2.05, 4.69) is 18.8 Å². The lowest BCUT2D eigenvalue weighted by Gasteiger charge is -1.96. The molecule has 0 aliphatic heterocycles. The highest BCUT2D eigenvalue weighted by Gasteiger charge is 2.08. The molecule has 0 fully saturated rings. The Labute approximate surface area is 99.8 Å². The first-order valence-electron chi connectivity index (χ1n) is 5.41. The first-order valence-corrected chi connectivity index (χ1v) is 5.41. The van der Waals surface area contributed by atoms with Crippen molar-refractivity contribution in [1.82, 2.24) is 0 Å². The van der Waals surface area contributed by atoms with Crippen LogP contribution in [0, 0.1) is 22.0 Å². The molecule has 4 nitrogen and oxygen atoms in total. The molecular formula is C13H13NO3. The molecule has 1 aromatic carbocycles. The van der Waals surface area contributed by atoms with Gasteiger partial charge in [0.05, 0.1) is 4.92 Å². The van der Waals surface area contributed by atoms with E-state index in [-0.39, 0.29) is 5.69 Å². The zero-order chi connectivity index (χ0) is 12.7. The summed E-state index contributed by atoms with van der Waals surface area (Å²) >= 11 is 0. The van der Waals surface area contributed by atoms with E-state index in [1.807, 2.05) is 0 Å². The summed E-state index contributed by atoms with van der Waals surface area (Å²) in [6.45, 7) is 2.06. The van der Waals surface area contributed by atoms with Crippen LogP contribution in [0.4, 0.5) is 5.69 Å². The van der Waals surface area contributed by atoms with Crippen LogP contribution in [-0.4, -0.2) is 11.2 Å². The van der Waals surface area contributed by atoms with Gasteiger partial charge in [0.25, 0.3) is 5.69 Å². The highest BCUT2D eigenvalue weighted by Crippen LogP contribution is 2.16. The van der Waals surface area contributed by atoms with Crippen molar-refractivity contribution in [2.45, 2.75) is 26.2 Å². The summed E-state index contributed by atoms with van der Waals surface area (Å²) in [5, 5.41) is 10.6. The number of carbonyl (C=O) groups is 1. The molecule has 17 heavy (non-hydrogen) atoms. The number of carbonyl (C=O) groups excluding carboxylic acids is 1. The molecule has 0 spiro atoms. The van der Waals surface area contributed by atoms with Crippen LogP contribution in [0.15, 0.2) is 18.2 Å². The van der Waals surface area contributed by atoms with E-state index in [9.17, 15) is 14.9 Å². The number of nitrogens with zero attached hydrogens (tertiary/aromatic N) is 1. The van der Waals surface area contributed by atoms with Crippen molar-refractivity contribution >= 4 is 12.0 Å². The number of unbranched alkanes of at least 4 members (excludes halogenated alkanes) is 2. The third-order valence-electron chi connectivity index (χ3n) is 2.25. The topological polar surface area (TPSA) is 60.2 Å². The Hall–Kier alpha value is -2.15. The zero-order valence-electron chi connectivity index (χ0n) is 9.60. The van der Waals surface area contributed by atoms with Crippen LogP contribution in [0.5, 0.6) is 0 Å². The van der Waals surface area contributed by atoms with Gasteiger partial charge in [0.15, 0.2) is 6.29 Å². The van der Waals surface area contributed by atoms with Gasteiger partial charge in [-0.3, -0.25) is 14.9 Å². The van der Waals surface area contributed by atoms with Crippen LogP contribution in [0.25, 0.3) is 0 Å². The summed E-state index contributed by atoms with van der Waals surface area (Å²) in [6.07, 6.45) is 3.42. The SMILES string of the molecule is CCCCC#Cc1cc([N+](=O)[O-])ccc1C=O. The van der Waals surface area contributed by atoms with E-state index in [4.69, 9.17) is 0 Å². The summed E-state index contributed by atoms with van der Waals surface area (Å²) in [7, 11) is 0. The van der Waals surface area contributed by atoms with Gasteiger partial charge >= 0.3 is 0 Å². The number of aldehydes is 1. The molecule has 0 saturated carbocycles. The van der Waals surface area contributed by atoms with Crippen molar-refractivity contribution in [2.24, 2.45) is 0 Å². The summed E-state index contributed by atoms with van der Waals surface area (Å²) < 4.78 is 0. The average Bonchev–Trinajstić information content (AvgIpc) is 2.34. The zero-order valence-corrected chi connectivity index (χ0v) is 9.60. The summed E-state index contributed by atoms with van der Waals surface area (Å²) in [5.74, 6) is 5.72. The second kappa shape index (κ2) is 6.44. The molecule has 0 saturated heterocycles. The van der Waals surface area contributed by atoms with E-state index < -0.39 is 4.92 Å². The number of benzene rings is 1. The predicted molar refractivity (Wildman–Crippen MR) is 64.9 cm³/mol. The smallest absolute Gasteiger partial charge is 0.270 e. The third kappa shape index (κ3) is 3.72. The molecule has 1 rings (SSSR count). The molecule has 0 N–H and O–H groups in total. The molecule has 0 aliphatic carbocycles. The molecule has 1 aromatic rings. The highest BCUT2D eigenvalue weighted by atomic mass is 16.6. The predicted octanol–water partition coefficient (Wildman–Crippen LogP) is 2.95. The van der Waals surface area contributed by atoms with E-state index in [1.165, 1.54) is 18.2 Å². The molecule has 0 unspecified atom stereocenters. The Bertz CT molecular complexity index is 483. The number of hydrogen-bond acceptors (Lipinski definition) is 3. The Morgan fingerprint density at radius 3 is 2.82 bits per heavy atom. The second-order valence-electron chi connectivity index (χ2n) is 3.55. The molecule has 88 valence electrons. The number of hydrogen-bond donors (Lipinski definition) is 0. The maximum atomic E-state index is 10.8. The maximum Gasteiger partial charge on any atom is 0.270 e. The van der Waals surface area contributed by atoms with E-state index in [1.54, 1.807) is 0 Å². The van der Waals surface area contributed by atoms with Gasteiger partial charge in [0, 0.05) is 29.7 Å². The highest BCUT2D eigenvalue weighted by molar-refractivity contribution is 5.80. The normalized spacial score (nSPS) is 9.24. The first kappa shape index (κ1) is 12.9. The molecular weight excluding hydrogens is 218 g/mol. The number of nitro benzene ring substituents is 1. The average molecular weight is 231 g/mol. The molecule has 0 aliphatic rings. The van der Waals surface area contributed by atoms with Crippen molar-refractivity contribution < 1.29 is 9.72 Å². The molecule has 0 heterocycles. The van der Waals surface area contributed by atoms with Crippen LogP contribution in [-0.2, 0) is 0 Å². The van der Waals surface area contributed by atoms with Crippen molar-refractivity contribution in [3.05, 3.63) is 39.4 Å². The van der Waals surface area contributed by atoms with E-state index >= 15 is 0 Å². The van der Waals surface area contributed by atoms with Gasteiger partial charge in [-0.1, -0.05) is 25.2 Å². The van der Waals surface area contributed by atoms with Crippen molar-refractivity contribution in [3.8, 4) is 11.8 Å². The first-order chi connectivity index (χ1) is 8.19. The van der Waals surface area contributed by atoms with Crippen LogP contribution < -0.4 is 0 Å². The lowest BCUT2D eigenvalue weighted by atomic mass is 10.1. The van der Waals surface area contributed by atoms with Crippen LogP contribution >= 0.6 is 0 Å². The van der Waals surface area contributed by atoms with Gasteiger partial charge < -0.3 is 0 Å². The third-order valence-corrected chi connectivity index (χ3v) is 2.25. The van der Waals surface area contributed by atoms with Gasteiger partial charge in [0.1, 0.15) is 0 Å². The molecule has 0 amide bonds. The Morgan fingerprint density at radius 1 is 1.47 bits per heavy atom. The van der Waals surface area contributed by atoms with Crippen LogP contribution in [0.1, 0.15) is 42.1 Å². The fourth-order valence-corrected chi connectivity index (χ4v) is 1.29. The minimum absolute atomic E-state index is 0.0459. The fourth-order valence-electron chi connectivity index (χ4n) is 1.29. The van der Waals surface area contributed by atoms with Gasteiger partial charge in [-0.05, 0) is 12.5 Å². The molecule has 0 atom stereocenters. The molecule has 0 aromatic heterocycles. The van der Waals surface area contributed by atoms with Crippen LogP contribution in [0.3, 0.4) is 0 Å². The lowest BCUT2D eigenvalue weighted by molar-refractivity contribution is -0.384. The fraction of sp³-hybridized carbons (Fsp3) is 0.308. The minimum Gasteiger partial charge on any atom is -0.298 e. The van der Waals surface area contributed by atoms with Gasteiger partial charge in [-0.15, -0.1) is 0 Å².